The number of ether oxygens (including phenoxy) is 2. The quantitative estimate of drug-likeness (QED) is 0.0822. The monoisotopic (exact) mass is 637 g/mol. The maximum atomic E-state index is 12.1. The predicted octanol–water partition coefficient (Wildman–Crippen LogP) is 9.87. The number of rotatable bonds is 11. The summed E-state index contributed by atoms with van der Waals surface area (Å²) >= 11 is 1.49. The third-order valence-electron chi connectivity index (χ3n) is 8.78. The lowest BCUT2D eigenvalue weighted by Crippen LogP contribution is -2.47. The lowest BCUT2D eigenvalue weighted by Gasteiger charge is -2.43. The molecular weight excluding hydrogens is 591 g/mol. The van der Waals surface area contributed by atoms with Crippen LogP contribution in [0.3, 0.4) is 0 Å². The number of allylic oxidation sites excluding steroid dienone is 1. The standard InChI is InChI=1S/C24H28P.C16H18O3S/c1-20(2)24(3,4)25(21-14-8-5-9-15-21,22-16-10-6-11-17-22)23-18-12-7-13-19-23;1-10(2)5-6-12(17)16-8-11-7-13(18-3)14(19-4)9-15(11)20-16/h5-20H,1-4H3;7-9H,1,5-6H2,2-4H3/q+1;. The van der Waals surface area contributed by atoms with E-state index in [0.29, 0.717) is 23.8 Å². The summed E-state index contributed by atoms with van der Waals surface area (Å²) in [6.07, 6.45) is 1.25. The van der Waals surface area contributed by atoms with Gasteiger partial charge >= 0.3 is 0 Å². The van der Waals surface area contributed by atoms with Crippen LogP contribution in [0.25, 0.3) is 10.1 Å². The van der Waals surface area contributed by atoms with Crippen LogP contribution in [-0.4, -0.2) is 25.2 Å². The van der Waals surface area contributed by atoms with E-state index in [4.69, 9.17) is 9.47 Å². The molecule has 4 aromatic carbocycles. The van der Waals surface area contributed by atoms with Crippen LogP contribution < -0.4 is 25.4 Å². The van der Waals surface area contributed by atoms with Gasteiger partial charge in [-0.3, -0.25) is 4.79 Å². The second-order valence-electron chi connectivity index (χ2n) is 12.2. The normalized spacial score (nSPS) is 11.6. The molecule has 234 valence electrons. The summed E-state index contributed by atoms with van der Waals surface area (Å²) in [5.41, 5.74) is 1.03. The highest BCUT2D eigenvalue weighted by molar-refractivity contribution is 7.96. The maximum Gasteiger partial charge on any atom is 0.173 e. The van der Waals surface area contributed by atoms with Crippen LogP contribution in [0.2, 0.25) is 0 Å². The average molecular weight is 638 g/mol. The lowest BCUT2D eigenvalue weighted by atomic mass is 9.99. The van der Waals surface area contributed by atoms with E-state index < -0.39 is 7.26 Å². The number of carbonyl (C=O) groups is 1. The molecule has 1 aromatic heterocycles. The first-order valence-electron chi connectivity index (χ1n) is 15.4. The molecule has 0 spiro atoms. The Morgan fingerprint density at radius 2 is 1.20 bits per heavy atom. The molecule has 0 N–H and O–H groups in total. The fourth-order valence-electron chi connectivity index (χ4n) is 5.74. The van der Waals surface area contributed by atoms with Crippen molar-refractivity contribution in [1.82, 2.24) is 0 Å². The number of thiophene rings is 1. The molecule has 5 heteroatoms. The molecule has 0 radical (unpaired) electrons. The molecule has 5 aromatic rings. The fourth-order valence-corrected chi connectivity index (χ4v) is 12.3. The Morgan fingerprint density at radius 3 is 1.60 bits per heavy atom. The van der Waals surface area contributed by atoms with Crippen molar-refractivity contribution in [1.29, 1.82) is 0 Å². The van der Waals surface area contributed by atoms with E-state index in [1.165, 1.54) is 27.3 Å². The van der Waals surface area contributed by atoms with E-state index in [9.17, 15) is 4.79 Å². The van der Waals surface area contributed by atoms with Gasteiger partial charge in [0.15, 0.2) is 17.3 Å². The number of methoxy groups -OCH3 is 2. The van der Waals surface area contributed by atoms with Gasteiger partial charge < -0.3 is 9.47 Å². The van der Waals surface area contributed by atoms with Gasteiger partial charge in [-0.2, -0.15) is 0 Å². The summed E-state index contributed by atoms with van der Waals surface area (Å²) in [4.78, 5) is 12.9. The van der Waals surface area contributed by atoms with Crippen LogP contribution in [0.4, 0.5) is 0 Å². The number of hydrogen-bond acceptors (Lipinski definition) is 4. The third-order valence-corrected chi connectivity index (χ3v) is 15.4. The fraction of sp³-hybridized carbons (Fsp3) is 0.275. The van der Waals surface area contributed by atoms with Crippen molar-refractivity contribution in [2.45, 2.75) is 52.6 Å². The van der Waals surface area contributed by atoms with E-state index in [2.05, 4.69) is 125 Å². The molecule has 0 saturated carbocycles. The molecule has 0 aliphatic rings. The van der Waals surface area contributed by atoms with Crippen LogP contribution in [0.15, 0.2) is 121 Å². The van der Waals surface area contributed by atoms with Crippen LogP contribution in [0, 0.1) is 5.92 Å². The second kappa shape index (κ2) is 15.0. The minimum Gasteiger partial charge on any atom is -0.493 e. The van der Waals surface area contributed by atoms with Crippen LogP contribution in [0.1, 0.15) is 57.1 Å². The Morgan fingerprint density at radius 1 is 0.756 bits per heavy atom. The van der Waals surface area contributed by atoms with Crippen molar-refractivity contribution in [3.63, 3.8) is 0 Å². The van der Waals surface area contributed by atoms with E-state index >= 15 is 0 Å². The van der Waals surface area contributed by atoms with Gasteiger partial charge in [0, 0.05) is 17.2 Å². The topological polar surface area (TPSA) is 35.5 Å². The van der Waals surface area contributed by atoms with Gasteiger partial charge in [0.1, 0.15) is 23.2 Å². The first kappa shape index (κ1) is 34.2. The summed E-state index contributed by atoms with van der Waals surface area (Å²) in [6, 6.07) is 39.2. The minimum absolute atomic E-state index is 0.136. The van der Waals surface area contributed by atoms with Crippen molar-refractivity contribution in [3.05, 3.63) is 126 Å². The van der Waals surface area contributed by atoms with Crippen molar-refractivity contribution < 1.29 is 14.3 Å². The maximum absolute atomic E-state index is 12.1. The smallest absolute Gasteiger partial charge is 0.173 e. The van der Waals surface area contributed by atoms with Crippen LogP contribution >= 0.6 is 18.6 Å². The molecule has 0 aliphatic carbocycles. The van der Waals surface area contributed by atoms with Crippen molar-refractivity contribution >= 4 is 50.4 Å². The highest BCUT2D eigenvalue weighted by Crippen LogP contribution is 2.67. The Kier molecular flexibility index (Phi) is 11.4. The molecule has 5 rings (SSSR count). The average Bonchev–Trinajstić information content (AvgIpc) is 3.48. The molecule has 0 aliphatic heterocycles. The number of fused-ring (bicyclic) bond motifs is 1. The highest BCUT2D eigenvalue weighted by Gasteiger charge is 2.58. The van der Waals surface area contributed by atoms with Gasteiger partial charge in [-0.25, -0.2) is 0 Å². The van der Waals surface area contributed by atoms with Gasteiger partial charge in [-0.15, -0.1) is 17.9 Å². The summed E-state index contributed by atoms with van der Waals surface area (Å²) in [7, 11) is 1.40. The molecular formula is C40H46O3PS+. The summed E-state index contributed by atoms with van der Waals surface area (Å²) in [5, 5.41) is 5.53. The zero-order valence-electron chi connectivity index (χ0n) is 27.7. The van der Waals surface area contributed by atoms with Gasteiger partial charge in [0.2, 0.25) is 0 Å². The molecule has 0 bridgehead atoms. The molecule has 0 atom stereocenters. The SMILES string of the molecule is C=C(C)CCC(=O)c1cc2cc(OC)c(OC)cc2s1.CC(C)C(C)(C)[P+](c1ccccc1)(c1ccccc1)c1ccccc1. The van der Waals surface area contributed by atoms with E-state index in [0.717, 1.165) is 27.0 Å². The van der Waals surface area contributed by atoms with Crippen molar-refractivity contribution in [2.24, 2.45) is 5.92 Å². The second-order valence-corrected chi connectivity index (χ2v) is 17.3. The lowest BCUT2D eigenvalue weighted by molar-refractivity contribution is 0.0986. The van der Waals surface area contributed by atoms with Crippen molar-refractivity contribution in [2.75, 3.05) is 14.2 Å². The number of carbonyl (C=O) groups excluding carboxylic acids is 1. The van der Waals surface area contributed by atoms with E-state index in [-0.39, 0.29) is 10.9 Å². The molecule has 1 heterocycles. The molecule has 0 amide bonds. The Balaban J connectivity index is 0.000000210. The predicted molar refractivity (Wildman–Crippen MR) is 197 cm³/mol. The molecule has 45 heavy (non-hydrogen) atoms. The number of Topliss-reactive ketones (excluding diaryl/α,β-unsaturated/α-hetero) is 1. The molecule has 0 unspecified atom stereocenters. The van der Waals surface area contributed by atoms with Crippen LogP contribution in [-0.2, 0) is 0 Å². The zero-order chi connectivity index (χ0) is 32.6. The molecule has 0 saturated heterocycles. The number of benzene rings is 4. The van der Waals surface area contributed by atoms with Gasteiger partial charge in [-0.05, 0) is 87.0 Å². The number of hydrogen-bond donors (Lipinski definition) is 0. The Labute approximate surface area is 274 Å². The van der Waals surface area contributed by atoms with E-state index in [1.807, 2.05) is 25.1 Å². The summed E-state index contributed by atoms with van der Waals surface area (Å²) < 4.78 is 11.6. The van der Waals surface area contributed by atoms with Gasteiger partial charge in [0.25, 0.3) is 0 Å². The number of ketones is 1. The van der Waals surface area contributed by atoms with E-state index in [1.54, 1.807) is 14.2 Å². The first-order chi connectivity index (χ1) is 21.6. The van der Waals surface area contributed by atoms with Crippen molar-refractivity contribution in [3.8, 4) is 11.5 Å². The highest BCUT2D eigenvalue weighted by atomic mass is 32.1. The zero-order valence-corrected chi connectivity index (χ0v) is 29.4. The van der Waals surface area contributed by atoms with Crippen LogP contribution in [0.5, 0.6) is 11.5 Å². The Bertz CT molecular complexity index is 1570. The molecule has 3 nitrogen and oxygen atoms in total. The Hall–Kier alpha value is -3.72. The first-order valence-corrected chi connectivity index (χ1v) is 18.1. The summed E-state index contributed by atoms with van der Waals surface area (Å²) in [5.74, 6) is 2.08. The largest absolute Gasteiger partial charge is 0.493 e. The summed E-state index contributed by atoms with van der Waals surface area (Å²) in [6.45, 7) is 15.4. The van der Waals surface area contributed by atoms with Gasteiger partial charge in [0.05, 0.1) is 24.3 Å². The van der Waals surface area contributed by atoms with Gasteiger partial charge in [-0.1, -0.05) is 74.0 Å². The minimum atomic E-state index is -1.81. The molecule has 0 fully saturated rings. The third kappa shape index (κ3) is 7.24.